The number of thiazole rings is 1. The van der Waals surface area contributed by atoms with Gasteiger partial charge in [-0.25, -0.2) is 9.78 Å². The third kappa shape index (κ3) is 4.95. The molecule has 1 aromatic heterocycles. The van der Waals surface area contributed by atoms with E-state index in [0.717, 1.165) is 16.3 Å². The summed E-state index contributed by atoms with van der Waals surface area (Å²) >= 11 is 7.37. The van der Waals surface area contributed by atoms with Gasteiger partial charge in [-0.2, -0.15) is 5.26 Å². The predicted molar refractivity (Wildman–Crippen MR) is 92.2 cm³/mol. The van der Waals surface area contributed by atoms with E-state index in [9.17, 15) is 4.79 Å². The summed E-state index contributed by atoms with van der Waals surface area (Å²) in [5, 5.41) is 15.0. The Kier molecular flexibility index (Phi) is 5.97. The molecule has 0 radical (unpaired) electrons. The molecule has 5 nitrogen and oxygen atoms in total. The molecule has 1 N–H and O–H groups in total. The van der Waals surface area contributed by atoms with Crippen molar-refractivity contribution in [1.29, 1.82) is 5.26 Å². The molecule has 0 aliphatic rings. The van der Waals surface area contributed by atoms with Crippen molar-refractivity contribution in [3.05, 3.63) is 39.7 Å². The van der Waals surface area contributed by atoms with Crippen LogP contribution < -0.4 is 5.32 Å². The lowest BCUT2D eigenvalue weighted by molar-refractivity contribution is 0.205. The van der Waals surface area contributed by atoms with E-state index in [0.29, 0.717) is 18.1 Å². The zero-order valence-corrected chi connectivity index (χ0v) is 14.5. The number of hydrogen-bond acceptors (Lipinski definition) is 4. The summed E-state index contributed by atoms with van der Waals surface area (Å²) in [5.74, 6) is -0.192. The largest absolute Gasteiger partial charge is 0.331 e. The van der Waals surface area contributed by atoms with E-state index >= 15 is 0 Å². The number of carbonyl (C=O) groups excluding carboxylic acids is 1. The van der Waals surface area contributed by atoms with Crippen molar-refractivity contribution in [3.8, 4) is 17.3 Å². The predicted octanol–water partition coefficient (Wildman–Crippen LogP) is 3.76. The second kappa shape index (κ2) is 7.95. The van der Waals surface area contributed by atoms with Crippen LogP contribution in [-0.4, -0.2) is 29.5 Å². The van der Waals surface area contributed by atoms with E-state index in [2.05, 4.69) is 16.4 Å². The number of nitriles is 1. The van der Waals surface area contributed by atoms with Crippen LogP contribution in [0.5, 0.6) is 0 Å². The second-order valence-electron chi connectivity index (χ2n) is 5.20. The lowest BCUT2D eigenvalue weighted by atomic mass is 10.2. The van der Waals surface area contributed by atoms with Crippen molar-refractivity contribution in [2.45, 2.75) is 13.5 Å². The quantitative estimate of drug-likeness (QED) is 0.894. The molecule has 0 bridgehead atoms. The van der Waals surface area contributed by atoms with Gasteiger partial charge in [0, 0.05) is 29.6 Å². The minimum Gasteiger partial charge on any atom is -0.331 e. The molecule has 1 atom stereocenters. The molecule has 0 fully saturated rings. The fraction of sp³-hybridized carbons (Fsp3) is 0.312. The van der Waals surface area contributed by atoms with Crippen molar-refractivity contribution in [2.24, 2.45) is 5.92 Å². The van der Waals surface area contributed by atoms with Crippen molar-refractivity contribution >= 4 is 29.0 Å². The Labute approximate surface area is 144 Å². The van der Waals surface area contributed by atoms with Gasteiger partial charge in [0.1, 0.15) is 5.01 Å². The molecular weight excluding hydrogens is 332 g/mol. The molecule has 0 spiro atoms. The highest BCUT2D eigenvalue weighted by molar-refractivity contribution is 7.09. The lowest BCUT2D eigenvalue weighted by Crippen LogP contribution is -2.38. The first-order chi connectivity index (χ1) is 11.0. The summed E-state index contributed by atoms with van der Waals surface area (Å²) in [4.78, 5) is 18.0. The summed E-state index contributed by atoms with van der Waals surface area (Å²) in [7, 11) is 1.67. The van der Waals surface area contributed by atoms with E-state index in [1.807, 2.05) is 29.6 Å². The summed E-state index contributed by atoms with van der Waals surface area (Å²) in [6.45, 7) is 2.54. The molecule has 2 amide bonds. The summed E-state index contributed by atoms with van der Waals surface area (Å²) < 4.78 is 0. The topological polar surface area (TPSA) is 69.0 Å². The molecule has 2 aromatic rings. The van der Waals surface area contributed by atoms with Gasteiger partial charge in [-0.1, -0.05) is 23.7 Å². The van der Waals surface area contributed by atoms with Crippen LogP contribution in [0.3, 0.4) is 0 Å². The summed E-state index contributed by atoms with van der Waals surface area (Å²) in [6.07, 6.45) is 0. The standard InChI is InChI=1S/C16H17ClN4OS/c1-11(7-18)9-21(2)16(22)19-8-15-20-14(10-23-15)12-3-5-13(17)6-4-12/h3-6,10-11H,8-9H2,1-2H3,(H,19,22). The number of nitrogens with one attached hydrogen (secondary N) is 1. The van der Waals surface area contributed by atoms with Gasteiger partial charge in [-0.05, 0) is 19.1 Å². The summed E-state index contributed by atoms with van der Waals surface area (Å²) in [5.41, 5.74) is 1.85. The number of halogens is 1. The van der Waals surface area contributed by atoms with Gasteiger partial charge < -0.3 is 10.2 Å². The summed E-state index contributed by atoms with van der Waals surface area (Å²) in [6, 6.07) is 9.37. The molecule has 7 heteroatoms. The maximum atomic E-state index is 11.9. The number of hydrogen-bond donors (Lipinski definition) is 1. The first-order valence-electron chi connectivity index (χ1n) is 7.08. The molecule has 120 valence electrons. The van der Waals surface area contributed by atoms with Gasteiger partial charge >= 0.3 is 6.03 Å². The number of nitrogens with zero attached hydrogens (tertiary/aromatic N) is 3. The highest BCUT2D eigenvalue weighted by atomic mass is 35.5. The maximum Gasteiger partial charge on any atom is 0.317 e. The van der Waals surface area contributed by atoms with E-state index in [-0.39, 0.29) is 11.9 Å². The third-order valence-corrected chi connectivity index (χ3v) is 4.30. The van der Waals surface area contributed by atoms with Crippen LogP contribution in [-0.2, 0) is 6.54 Å². The van der Waals surface area contributed by atoms with Crippen molar-refractivity contribution in [3.63, 3.8) is 0 Å². The highest BCUT2D eigenvalue weighted by Crippen LogP contribution is 2.23. The monoisotopic (exact) mass is 348 g/mol. The van der Waals surface area contributed by atoms with Gasteiger partial charge in [0.15, 0.2) is 0 Å². The highest BCUT2D eigenvalue weighted by Gasteiger charge is 2.12. The average molecular weight is 349 g/mol. The second-order valence-corrected chi connectivity index (χ2v) is 6.58. The van der Waals surface area contributed by atoms with Gasteiger partial charge in [-0.3, -0.25) is 0 Å². The van der Waals surface area contributed by atoms with Crippen molar-refractivity contribution in [1.82, 2.24) is 15.2 Å². The van der Waals surface area contributed by atoms with Gasteiger partial charge in [0.25, 0.3) is 0 Å². The number of urea groups is 1. The van der Waals surface area contributed by atoms with Gasteiger partial charge in [-0.15, -0.1) is 11.3 Å². The molecule has 2 rings (SSSR count). The van der Waals surface area contributed by atoms with E-state index in [4.69, 9.17) is 16.9 Å². The van der Waals surface area contributed by atoms with E-state index in [1.54, 1.807) is 14.0 Å². The normalized spacial score (nSPS) is 11.6. The molecule has 0 saturated carbocycles. The van der Waals surface area contributed by atoms with Crippen LogP contribution in [0, 0.1) is 17.2 Å². The fourth-order valence-corrected chi connectivity index (χ4v) is 2.84. The molecule has 0 aliphatic heterocycles. The Bertz CT molecular complexity index is 708. The smallest absolute Gasteiger partial charge is 0.317 e. The molecular formula is C16H17ClN4OS. The number of benzene rings is 1. The SMILES string of the molecule is CC(C#N)CN(C)C(=O)NCc1nc(-c2ccc(Cl)cc2)cs1. The Hall–Kier alpha value is -2.10. The molecule has 1 unspecified atom stereocenters. The Morgan fingerprint density at radius 1 is 1.48 bits per heavy atom. The number of rotatable bonds is 5. The van der Waals surface area contributed by atoms with Crippen LogP contribution in [0.4, 0.5) is 4.79 Å². The fourth-order valence-electron chi connectivity index (χ4n) is 1.97. The van der Waals surface area contributed by atoms with Crippen molar-refractivity contribution < 1.29 is 4.79 Å². The molecule has 1 aromatic carbocycles. The van der Waals surface area contributed by atoms with Crippen LogP contribution >= 0.6 is 22.9 Å². The lowest BCUT2D eigenvalue weighted by Gasteiger charge is -2.18. The van der Waals surface area contributed by atoms with Crippen LogP contribution in [0.25, 0.3) is 11.3 Å². The Balaban J connectivity index is 1.91. The van der Waals surface area contributed by atoms with Crippen LogP contribution in [0.2, 0.25) is 5.02 Å². The number of carbonyl (C=O) groups is 1. The van der Waals surface area contributed by atoms with E-state index < -0.39 is 0 Å². The first-order valence-corrected chi connectivity index (χ1v) is 8.34. The zero-order chi connectivity index (χ0) is 16.8. The number of aromatic nitrogens is 1. The zero-order valence-electron chi connectivity index (χ0n) is 12.9. The van der Waals surface area contributed by atoms with Crippen molar-refractivity contribution in [2.75, 3.05) is 13.6 Å². The minimum absolute atomic E-state index is 0.192. The first kappa shape index (κ1) is 17.3. The third-order valence-electron chi connectivity index (χ3n) is 3.20. The molecule has 0 aliphatic carbocycles. The van der Waals surface area contributed by atoms with Gasteiger partial charge in [0.05, 0.1) is 24.2 Å². The minimum atomic E-state index is -0.213. The Morgan fingerprint density at radius 2 is 2.17 bits per heavy atom. The van der Waals surface area contributed by atoms with Crippen LogP contribution in [0.1, 0.15) is 11.9 Å². The van der Waals surface area contributed by atoms with Gasteiger partial charge in [0.2, 0.25) is 0 Å². The average Bonchev–Trinajstić information content (AvgIpc) is 3.02. The Morgan fingerprint density at radius 3 is 2.83 bits per heavy atom. The maximum absolute atomic E-state index is 11.9. The molecule has 23 heavy (non-hydrogen) atoms. The van der Waals surface area contributed by atoms with E-state index in [1.165, 1.54) is 16.2 Å². The molecule has 1 heterocycles. The van der Waals surface area contributed by atoms with Crippen LogP contribution in [0.15, 0.2) is 29.6 Å². The molecule has 0 saturated heterocycles. The number of amides is 2.